The SMILES string of the molecule is CSc1ccc(/C=N/Nc2ccc(S(N)(=O)=O)cc2[N+](=O)[O-])cc1. The molecule has 0 saturated heterocycles. The Hall–Kier alpha value is -2.43. The summed E-state index contributed by atoms with van der Waals surface area (Å²) >= 11 is 1.61. The molecule has 126 valence electrons. The van der Waals surface area contributed by atoms with Crippen LogP contribution in [0.3, 0.4) is 0 Å². The van der Waals surface area contributed by atoms with Crippen LogP contribution >= 0.6 is 11.8 Å². The molecule has 10 heteroatoms. The van der Waals surface area contributed by atoms with Crippen molar-refractivity contribution >= 4 is 39.4 Å². The van der Waals surface area contributed by atoms with Crippen molar-refractivity contribution in [2.75, 3.05) is 11.7 Å². The van der Waals surface area contributed by atoms with Crippen LogP contribution < -0.4 is 10.6 Å². The van der Waals surface area contributed by atoms with Crippen molar-refractivity contribution in [1.29, 1.82) is 0 Å². The van der Waals surface area contributed by atoms with Gasteiger partial charge in [0.05, 0.1) is 16.0 Å². The monoisotopic (exact) mass is 366 g/mol. The molecule has 2 rings (SSSR count). The summed E-state index contributed by atoms with van der Waals surface area (Å²) in [6.45, 7) is 0. The number of nitro groups is 1. The van der Waals surface area contributed by atoms with Gasteiger partial charge in [0.2, 0.25) is 10.0 Å². The summed E-state index contributed by atoms with van der Waals surface area (Å²) < 4.78 is 22.5. The van der Waals surface area contributed by atoms with Crippen molar-refractivity contribution in [2.45, 2.75) is 9.79 Å². The molecule has 0 aliphatic heterocycles. The lowest BCUT2D eigenvalue weighted by atomic mass is 10.2. The maximum atomic E-state index is 11.3. The molecule has 2 aromatic rings. The van der Waals surface area contributed by atoms with Gasteiger partial charge in [-0.1, -0.05) is 12.1 Å². The summed E-state index contributed by atoms with van der Waals surface area (Å²) in [6, 6.07) is 10.9. The van der Waals surface area contributed by atoms with Crippen molar-refractivity contribution in [3.8, 4) is 0 Å². The number of anilines is 1. The highest BCUT2D eigenvalue weighted by molar-refractivity contribution is 7.98. The molecular weight excluding hydrogens is 352 g/mol. The van der Waals surface area contributed by atoms with Gasteiger partial charge in [-0.05, 0) is 36.1 Å². The number of sulfonamides is 1. The second kappa shape index (κ2) is 7.43. The Morgan fingerprint density at radius 1 is 1.25 bits per heavy atom. The van der Waals surface area contributed by atoms with E-state index in [-0.39, 0.29) is 10.6 Å². The predicted molar refractivity (Wildman–Crippen MR) is 93.9 cm³/mol. The number of nitro benzene ring substituents is 1. The highest BCUT2D eigenvalue weighted by Crippen LogP contribution is 2.27. The number of hydrogen-bond acceptors (Lipinski definition) is 7. The summed E-state index contributed by atoms with van der Waals surface area (Å²) in [4.78, 5) is 11.1. The van der Waals surface area contributed by atoms with Crippen LogP contribution in [-0.2, 0) is 10.0 Å². The van der Waals surface area contributed by atoms with E-state index < -0.39 is 20.6 Å². The van der Waals surface area contributed by atoms with E-state index in [9.17, 15) is 18.5 Å². The molecule has 0 unspecified atom stereocenters. The fourth-order valence-electron chi connectivity index (χ4n) is 1.80. The number of benzene rings is 2. The van der Waals surface area contributed by atoms with Gasteiger partial charge in [0, 0.05) is 11.0 Å². The lowest BCUT2D eigenvalue weighted by Gasteiger charge is -2.04. The average Bonchev–Trinajstić information content (AvgIpc) is 2.54. The van der Waals surface area contributed by atoms with Crippen LogP contribution in [0, 0.1) is 10.1 Å². The third-order valence-electron chi connectivity index (χ3n) is 3.01. The summed E-state index contributed by atoms with van der Waals surface area (Å²) in [5.41, 5.74) is 2.97. The predicted octanol–water partition coefficient (Wildman–Crippen LogP) is 2.41. The molecule has 0 spiro atoms. The fourth-order valence-corrected chi connectivity index (χ4v) is 2.74. The molecule has 0 aliphatic rings. The number of hydrogen-bond donors (Lipinski definition) is 2. The lowest BCUT2D eigenvalue weighted by Crippen LogP contribution is -2.12. The van der Waals surface area contributed by atoms with Crippen LogP contribution in [0.1, 0.15) is 5.56 Å². The first-order valence-corrected chi connectivity index (χ1v) is 9.33. The fraction of sp³-hybridized carbons (Fsp3) is 0.0714. The molecule has 2 aromatic carbocycles. The van der Waals surface area contributed by atoms with Gasteiger partial charge in [-0.3, -0.25) is 15.5 Å². The standard InChI is InChI=1S/C14H14N4O4S2/c1-23-11-4-2-10(3-5-11)9-16-17-13-7-6-12(24(15,21)22)8-14(13)18(19)20/h2-9,17H,1H3,(H2,15,21,22)/b16-9+. The maximum absolute atomic E-state index is 11.3. The van der Waals surface area contributed by atoms with Crippen LogP contribution in [0.4, 0.5) is 11.4 Å². The largest absolute Gasteiger partial charge is 0.295 e. The highest BCUT2D eigenvalue weighted by Gasteiger charge is 2.18. The summed E-state index contributed by atoms with van der Waals surface area (Å²) in [5, 5.41) is 20.0. The number of nitrogens with zero attached hydrogens (tertiary/aromatic N) is 2. The lowest BCUT2D eigenvalue weighted by molar-refractivity contribution is -0.384. The van der Waals surface area contributed by atoms with Gasteiger partial charge in [0.25, 0.3) is 5.69 Å². The van der Waals surface area contributed by atoms with Gasteiger partial charge >= 0.3 is 0 Å². The van der Waals surface area contributed by atoms with Crippen molar-refractivity contribution in [3.63, 3.8) is 0 Å². The molecule has 0 heterocycles. The van der Waals surface area contributed by atoms with Crippen molar-refractivity contribution in [1.82, 2.24) is 0 Å². The van der Waals surface area contributed by atoms with Crippen LogP contribution in [0.5, 0.6) is 0 Å². The smallest absolute Gasteiger partial charge is 0.272 e. The zero-order chi connectivity index (χ0) is 17.7. The molecule has 3 N–H and O–H groups in total. The topological polar surface area (TPSA) is 128 Å². The summed E-state index contributed by atoms with van der Waals surface area (Å²) in [7, 11) is -4.02. The zero-order valence-corrected chi connectivity index (χ0v) is 14.2. The van der Waals surface area contributed by atoms with Gasteiger partial charge in [-0.2, -0.15) is 5.10 Å². The Morgan fingerprint density at radius 3 is 2.46 bits per heavy atom. The molecule has 0 aromatic heterocycles. The van der Waals surface area contributed by atoms with Crippen LogP contribution in [0.15, 0.2) is 57.4 Å². The van der Waals surface area contributed by atoms with Crippen LogP contribution in [0.2, 0.25) is 0 Å². The van der Waals surface area contributed by atoms with Gasteiger partial charge in [0.1, 0.15) is 5.69 Å². The molecule has 24 heavy (non-hydrogen) atoms. The summed E-state index contributed by atoms with van der Waals surface area (Å²) in [5.74, 6) is 0. The number of primary sulfonamides is 1. The van der Waals surface area contributed by atoms with E-state index in [1.165, 1.54) is 18.3 Å². The Balaban J connectivity index is 2.22. The number of thioether (sulfide) groups is 1. The van der Waals surface area contributed by atoms with Gasteiger partial charge < -0.3 is 0 Å². The van der Waals surface area contributed by atoms with Gasteiger partial charge in [-0.15, -0.1) is 11.8 Å². The molecule has 0 aliphatic carbocycles. The third-order valence-corrected chi connectivity index (χ3v) is 4.66. The van der Waals surface area contributed by atoms with E-state index in [0.717, 1.165) is 16.5 Å². The van der Waals surface area contributed by atoms with Crippen molar-refractivity contribution < 1.29 is 13.3 Å². The molecule has 0 amide bonds. The van der Waals surface area contributed by atoms with E-state index in [1.807, 2.05) is 30.5 Å². The molecule has 0 radical (unpaired) electrons. The Kier molecular flexibility index (Phi) is 5.54. The van der Waals surface area contributed by atoms with Crippen LogP contribution in [0.25, 0.3) is 0 Å². The van der Waals surface area contributed by atoms with Gasteiger partial charge in [-0.25, -0.2) is 13.6 Å². The first-order valence-electron chi connectivity index (χ1n) is 6.55. The molecule has 0 saturated carbocycles. The van der Waals surface area contributed by atoms with E-state index in [2.05, 4.69) is 10.5 Å². The molecular formula is C14H14N4O4S2. The van der Waals surface area contributed by atoms with E-state index >= 15 is 0 Å². The van der Waals surface area contributed by atoms with Crippen LogP contribution in [-0.4, -0.2) is 25.8 Å². The number of rotatable bonds is 6. The number of hydrazone groups is 1. The molecule has 0 atom stereocenters. The average molecular weight is 366 g/mol. The second-order valence-corrected chi connectivity index (χ2v) is 7.07. The summed E-state index contributed by atoms with van der Waals surface area (Å²) in [6.07, 6.45) is 3.47. The minimum atomic E-state index is -4.02. The van der Waals surface area contributed by atoms with Crippen molar-refractivity contribution in [3.05, 3.63) is 58.1 Å². The first kappa shape index (κ1) is 17.9. The number of nitrogens with two attached hydrogens (primary N) is 1. The van der Waals surface area contributed by atoms with E-state index in [4.69, 9.17) is 5.14 Å². The minimum Gasteiger partial charge on any atom is -0.272 e. The molecule has 0 fully saturated rings. The Labute approximate surface area is 143 Å². The number of nitrogens with one attached hydrogen (secondary N) is 1. The second-order valence-electron chi connectivity index (χ2n) is 4.62. The van der Waals surface area contributed by atoms with E-state index in [1.54, 1.807) is 11.8 Å². The molecule has 0 bridgehead atoms. The molecule has 8 nitrogen and oxygen atoms in total. The van der Waals surface area contributed by atoms with Gasteiger partial charge in [0.15, 0.2) is 0 Å². The van der Waals surface area contributed by atoms with E-state index in [0.29, 0.717) is 0 Å². The highest BCUT2D eigenvalue weighted by atomic mass is 32.2. The first-order chi connectivity index (χ1) is 11.3. The quantitative estimate of drug-likeness (QED) is 0.350. The zero-order valence-electron chi connectivity index (χ0n) is 12.5. The maximum Gasteiger partial charge on any atom is 0.295 e. The van der Waals surface area contributed by atoms with Crippen molar-refractivity contribution in [2.24, 2.45) is 10.2 Å². The normalized spacial score (nSPS) is 11.6. The Bertz CT molecular complexity index is 880. The minimum absolute atomic E-state index is 0.0596. The Morgan fingerprint density at radius 2 is 1.92 bits per heavy atom. The third kappa shape index (κ3) is 4.54.